The van der Waals surface area contributed by atoms with Crippen molar-refractivity contribution in [1.29, 1.82) is 0 Å². The third-order valence-electron chi connectivity index (χ3n) is 5.61. The first-order valence-electron chi connectivity index (χ1n) is 10.0. The third kappa shape index (κ3) is 4.56. The summed E-state index contributed by atoms with van der Waals surface area (Å²) in [5.41, 5.74) is 2.91. The molecule has 4 rings (SSSR count). The third-order valence-corrected chi connectivity index (χ3v) is 5.84. The fourth-order valence-corrected chi connectivity index (χ4v) is 4.02. The van der Waals surface area contributed by atoms with Crippen molar-refractivity contribution in [2.75, 3.05) is 0 Å². The maximum atomic E-state index is 12.9. The number of ether oxygens (including phenoxy) is 1. The Morgan fingerprint density at radius 2 is 2.19 bits per heavy atom. The molecule has 4 unspecified atom stereocenters. The predicted octanol–water partition coefficient (Wildman–Crippen LogP) is 3.86. The average Bonchev–Trinajstić information content (AvgIpc) is 3.50. The number of nitrogens with one attached hydrogen (secondary N) is 1. The zero-order chi connectivity index (χ0) is 22.1. The SMILES string of the molecule is C=CC(C1OC1NC1C=CC(C(=O)O)=CC1)n1ccc(-c2cc(Cl)ccc2C)cc1=O. The predicted molar refractivity (Wildman–Crippen MR) is 120 cm³/mol. The Morgan fingerprint density at radius 3 is 2.84 bits per heavy atom. The van der Waals surface area contributed by atoms with Gasteiger partial charge in [-0.1, -0.05) is 42.0 Å². The molecule has 1 aromatic heterocycles. The zero-order valence-electron chi connectivity index (χ0n) is 17.0. The van der Waals surface area contributed by atoms with Crippen molar-refractivity contribution >= 4 is 17.6 Å². The second kappa shape index (κ2) is 8.67. The second-order valence-corrected chi connectivity index (χ2v) is 8.14. The standard InChI is InChI=1S/C24H23ClN2O4/c1-3-20(22-23(31-22)26-18-8-5-15(6-9-18)24(29)30)27-11-10-16(12-21(27)28)19-13-17(25)7-4-14(19)2/h3-8,10-13,18,20,22-23,26H,1,9H2,2H3,(H,29,30). The summed E-state index contributed by atoms with van der Waals surface area (Å²) >= 11 is 6.12. The Balaban J connectivity index is 1.46. The Hall–Kier alpha value is -2.93. The molecule has 4 atom stereocenters. The number of halogens is 1. The molecule has 0 spiro atoms. The van der Waals surface area contributed by atoms with E-state index < -0.39 is 5.97 Å². The molecule has 2 heterocycles. The highest BCUT2D eigenvalue weighted by molar-refractivity contribution is 6.30. The molecule has 0 saturated carbocycles. The number of rotatable bonds is 7. The first kappa shape index (κ1) is 21.3. The molecule has 31 heavy (non-hydrogen) atoms. The van der Waals surface area contributed by atoms with Crippen molar-refractivity contribution in [1.82, 2.24) is 9.88 Å². The van der Waals surface area contributed by atoms with Gasteiger partial charge in [-0.25, -0.2) is 4.79 Å². The zero-order valence-corrected chi connectivity index (χ0v) is 17.8. The van der Waals surface area contributed by atoms with E-state index in [2.05, 4.69) is 11.9 Å². The van der Waals surface area contributed by atoms with Crippen LogP contribution in [0.2, 0.25) is 5.02 Å². The fourth-order valence-electron chi connectivity index (χ4n) is 3.85. The van der Waals surface area contributed by atoms with Crippen LogP contribution < -0.4 is 10.9 Å². The van der Waals surface area contributed by atoms with E-state index in [9.17, 15) is 9.59 Å². The minimum absolute atomic E-state index is 0.0199. The second-order valence-electron chi connectivity index (χ2n) is 7.70. The lowest BCUT2D eigenvalue weighted by Gasteiger charge is -2.17. The minimum atomic E-state index is -0.933. The summed E-state index contributed by atoms with van der Waals surface area (Å²) in [6.45, 7) is 5.86. The molecule has 0 bridgehead atoms. The molecule has 1 saturated heterocycles. The largest absolute Gasteiger partial charge is 0.478 e. The molecule has 1 aliphatic heterocycles. The highest BCUT2D eigenvalue weighted by Crippen LogP contribution is 2.33. The van der Waals surface area contributed by atoms with Gasteiger partial charge in [0.15, 0.2) is 0 Å². The van der Waals surface area contributed by atoms with Gasteiger partial charge in [0.2, 0.25) is 0 Å². The van der Waals surface area contributed by atoms with Gasteiger partial charge in [-0.15, -0.1) is 6.58 Å². The van der Waals surface area contributed by atoms with Crippen LogP contribution in [0.4, 0.5) is 0 Å². The summed E-state index contributed by atoms with van der Waals surface area (Å²) in [7, 11) is 0. The van der Waals surface area contributed by atoms with E-state index >= 15 is 0 Å². The normalized spacial score (nSPS) is 23.2. The molecule has 160 valence electrons. The van der Waals surface area contributed by atoms with Crippen molar-refractivity contribution < 1.29 is 14.6 Å². The molecule has 1 fully saturated rings. The lowest BCUT2D eigenvalue weighted by Crippen LogP contribution is -2.34. The number of benzene rings is 1. The van der Waals surface area contributed by atoms with Crippen LogP contribution in [0.15, 0.2) is 77.8 Å². The number of carboxylic acid groups (broad SMARTS) is 1. The van der Waals surface area contributed by atoms with Crippen LogP contribution in [-0.4, -0.2) is 34.0 Å². The fraction of sp³-hybridized carbons (Fsp3) is 0.250. The first-order valence-corrected chi connectivity index (χ1v) is 10.4. The van der Waals surface area contributed by atoms with Gasteiger partial charge in [0.05, 0.1) is 11.6 Å². The molecule has 1 aliphatic carbocycles. The van der Waals surface area contributed by atoms with Crippen LogP contribution in [-0.2, 0) is 9.53 Å². The molecule has 6 nitrogen and oxygen atoms in total. The van der Waals surface area contributed by atoms with Gasteiger partial charge in [0.1, 0.15) is 12.3 Å². The number of pyridine rings is 1. The highest BCUT2D eigenvalue weighted by atomic mass is 35.5. The molecule has 2 aromatic rings. The first-order chi connectivity index (χ1) is 14.9. The lowest BCUT2D eigenvalue weighted by molar-refractivity contribution is -0.132. The van der Waals surface area contributed by atoms with Crippen molar-refractivity contribution in [3.05, 3.63) is 93.9 Å². The number of carbonyl (C=O) groups is 1. The quantitative estimate of drug-likeness (QED) is 0.506. The summed E-state index contributed by atoms with van der Waals surface area (Å²) in [5.74, 6) is -0.933. The van der Waals surface area contributed by atoms with Gasteiger partial charge < -0.3 is 14.4 Å². The summed E-state index contributed by atoms with van der Waals surface area (Å²) < 4.78 is 7.39. The Kier molecular flexibility index (Phi) is 5.96. The van der Waals surface area contributed by atoms with E-state index in [1.807, 2.05) is 37.3 Å². The van der Waals surface area contributed by atoms with Crippen LogP contribution in [0.3, 0.4) is 0 Å². The maximum Gasteiger partial charge on any atom is 0.335 e. The van der Waals surface area contributed by atoms with Crippen molar-refractivity contribution in [3.63, 3.8) is 0 Å². The number of epoxide rings is 1. The molecule has 1 aromatic carbocycles. The molecule has 2 aliphatic rings. The molecule has 0 radical (unpaired) electrons. The summed E-state index contributed by atoms with van der Waals surface area (Å²) in [6, 6.07) is 8.76. The minimum Gasteiger partial charge on any atom is -0.478 e. The van der Waals surface area contributed by atoms with Crippen molar-refractivity contribution in [3.8, 4) is 11.1 Å². The van der Waals surface area contributed by atoms with Crippen LogP contribution >= 0.6 is 11.6 Å². The number of aromatic nitrogens is 1. The van der Waals surface area contributed by atoms with E-state index in [1.54, 1.807) is 35.1 Å². The van der Waals surface area contributed by atoms with Crippen LogP contribution in [0.5, 0.6) is 0 Å². The van der Waals surface area contributed by atoms with Gasteiger partial charge in [-0.2, -0.15) is 0 Å². The number of hydrogen-bond acceptors (Lipinski definition) is 4. The highest BCUT2D eigenvalue weighted by Gasteiger charge is 2.45. The molecular weight excluding hydrogens is 416 g/mol. The summed E-state index contributed by atoms with van der Waals surface area (Å²) in [6.07, 6.45) is 8.65. The van der Waals surface area contributed by atoms with E-state index in [0.717, 1.165) is 16.7 Å². The Morgan fingerprint density at radius 1 is 1.39 bits per heavy atom. The van der Waals surface area contributed by atoms with Crippen LogP contribution in [0.25, 0.3) is 11.1 Å². The number of aliphatic carboxylic acids is 1. The van der Waals surface area contributed by atoms with Gasteiger partial charge >= 0.3 is 5.97 Å². The Labute approximate surface area is 185 Å². The van der Waals surface area contributed by atoms with Gasteiger partial charge in [-0.3, -0.25) is 10.1 Å². The van der Waals surface area contributed by atoms with Gasteiger partial charge in [-0.05, 0) is 48.2 Å². The van der Waals surface area contributed by atoms with E-state index in [-0.39, 0.29) is 35.5 Å². The number of hydrogen-bond donors (Lipinski definition) is 2. The van der Waals surface area contributed by atoms with E-state index in [1.165, 1.54) is 0 Å². The Bertz CT molecular complexity index is 1150. The summed E-state index contributed by atoms with van der Waals surface area (Å²) in [5, 5.41) is 13.0. The smallest absolute Gasteiger partial charge is 0.335 e. The molecule has 2 N–H and O–H groups in total. The van der Waals surface area contributed by atoms with Crippen molar-refractivity contribution in [2.45, 2.75) is 37.8 Å². The molecular formula is C24H23ClN2O4. The lowest BCUT2D eigenvalue weighted by atomic mass is 10.0. The van der Waals surface area contributed by atoms with E-state index in [4.69, 9.17) is 21.4 Å². The number of aryl methyl sites for hydroxylation is 1. The molecule has 0 amide bonds. The van der Waals surface area contributed by atoms with Gasteiger partial charge in [0, 0.05) is 23.3 Å². The van der Waals surface area contributed by atoms with E-state index in [0.29, 0.717) is 11.4 Å². The molecule has 7 heteroatoms. The van der Waals surface area contributed by atoms with Crippen molar-refractivity contribution in [2.24, 2.45) is 0 Å². The summed E-state index contributed by atoms with van der Waals surface area (Å²) in [4.78, 5) is 23.9. The van der Waals surface area contributed by atoms with Crippen LogP contribution in [0.1, 0.15) is 18.0 Å². The monoisotopic (exact) mass is 438 g/mol. The maximum absolute atomic E-state index is 12.9. The topological polar surface area (TPSA) is 83.9 Å². The average molecular weight is 439 g/mol. The number of carboxylic acids is 1. The van der Waals surface area contributed by atoms with Crippen LogP contribution in [0, 0.1) is 6.92 Å². The number of nitrogens with zero attached hydrogens (tertiary/aromatic N) is 1. The van der Waals surface area contributed by atoms with Gasteiger partial charge in [0.25, 0.3) is 5.56 Å².